The van der Waals surface area contributed by atoms with Gasteiger partial charge in [-0.2, -0.15) is 9.67 Å². The molecule has 0 aliphatic carbocycles. The standard InChI is InChI=1S/C30H32FN9O2/c1-6-24(41)38-18(4)15-37(16-19(38)5)27-22-13-23(31)29-34-28(22)39(30(42)35-27)26-20(11-12-32-25(26)17(2)3)9-7-8-10-21-14-33-36-40(21)29/h6-8,11-14,17-19H,1,9-10,15-16H2,2-5H3/b8-7-. The lowest BCUT2D eigenvalue weighted by Crippen LogP contribution is -2.58. The van der Waals surface area contributed by atoms with Crippen molar-refractivity contribution < 1.29 is 9.18 Å². The zero-order valence-electron chi connectivity index (χ0n) is 24.0. The molecule has 2 unspecified atom stereocenters. The van der Waals surface area contributed by atoms with Gasteiger partial charge in [0.1, 0.15) is 5.82 Å². The molecule has 4 aromatic heterocycles. The molecule has 216 valence electrons. The summed E-state index contributed by atoms with van der Waals surface area (Å²) in [6.07, 6.45) is 9.62. The second kappa shape index (κ2) is 10.6. The van der Waals surface area contributed by atoms with Gasteiger partial charge in [-0.1, -0.05) is 37.8 Å². The molecule has 1 saturated heterocycles. The van der Waals surface area contributed by atoms with Crippen molar-refractivity contribution in [2.75, 3.05) is 18.0 Å². The van der Waals surface area contributed by atoms with Crippen LogP contribution in [-0.4, -0.2) is 70.5 Å². The Hall–Kier alpha value is -4.74. The number of pyridine rings is 2. The molecule has 0 aromatic carbocycles. The van der Waals surface area contributed by atoms with Crippen LogP contribution in [0.5, 0.6) is 0 Å². The predicted octanol–water partition coefficient (Wildman–Crippen LogP) is 3.29. The lowest BCUT2D eigenvalue weighted by molar-refractivity contribution is -0.130. The number of piperazine rings is 1. The monoisotopic (exact) mass is 569 g/mol. The average Bonchev–Trinajstić information content (AvgIpc) is 3.41. The molecule has 2 atom stereocenters. The molecule has 0 spiro atoms. The molecule has 12 heteroatoms. The van der Waals surface area contributed by atoms with Crippen LogP contribution < -0.4 is 10.6 Å². The van der Waals surface area contributed by atoms with E-state index in [9.17, 15) is 9.59 Å². The van der Waals surface area contributed by atoms with Crippen LogP contribution in [0.3, 0.4) is 0 Å². The zero-order valence-corrected chi connectivity index (χ0v) is 24.0. The summed E-state index contributed by atoms with van der Waals surface area (Å²) < 4.78 is 18.8. The number of rotatable bonds is 3. The smallest absolute Gasteiger partial charge is 0.352 e. The summed E-state index contributed by atoms with van der Waals surface area (Å²) in [4.78, 5) is 44.3. The van der Waals surface area contributed by atoms with E-state index in [1.165, 1.54) is 21.4 Å². The lowest BCUT2D eigenvalue weighted by atomic mass is 10.0. The lowest BCUT2D eigenvalue weighted by Gasteiger charge is -2.44. The number of hydrogen-bond acceptors (Lipinski definition) is 8. The van der Waals surface area contributed by atoms with Gasteiger partial charge in [-0.15, -0.1) is 5.10 Å². The van der Waals surface area contributed by atoms with Gasteiger partial charge in [-0.25, -0.2) is 18.7 Å². The quantitative estimate of drug-likeness (QED) is 0.273. The first kappa shape index (κ1) is 27.4. The maximum atomic E-state index is 16.0. The number of amides is 1. The number of aromatic nitrogens is 7. The zero-order chi connectivity index (χ0) is 29.7. The number of fused-ring (bicyclic) bond motifs is 5. The molecule has 4 aromatic rings. The average molecular weight is 570 g/mol. The van der Waals surface area contributed by atoms with E-state index in [1.807, 2.05) is 50.8 Å². The molecule has 2 aliphatic heterocycles. The molecule has 6 heterocycles. The Bertz CT molecular complexity index is 1800. The third-order valence-electron chi connectivity index (χ3n) is 7.89. The molecule has 0 radical (unpaired) electrons. The third kappa shape index (κ3) is 4.47. The van der Waals surface area contributed by atoms with E-state index >= 15 is 4.39 Å². The van der Waals surface area contributed by atoms with Crippen molar-refractivity contribution in [3.8, 4) is 11.5 Å². The van der Waals surface area contributed by atoms with Crippen LogP contribution in [0, 0.1) is 5.82 Å². The van der Waals surface area contributed by atoms with Crippen LogP contribution in [-0.2, 0) is 17.6 Å². The van der Waals surface area contributed by atoms with Gasteiger partial charge in [0.05, 0.1) is 28.7 Å². The van der Waals surface area contributed by atoms with Crippen molar-refractivity contribution in [2.45, 2.75) is 58.5 Å². The maximum absolute atomic E-state index is 16.0. The SMILES string of the molecule is C=CC(=O)N1C(C)CN(c2nc(=O)n3c4nc(c(F)cc24)-n2nncc2C/C=C\Cc2ccnc(C(C)C)c2-3)CC1C. The summed E-state index contributed by atoms with van der Waals surface area (Å²) in [6.45, 7) is 12.3. The van der Waals surface area contributed by atoms with Gasteiger partial charge in [0, 0.05) is 37.8 Å². The highest BCUT2D eigenvalue weighted by atomic mass is 19.1. The van der Waals surface area contributed by atoms with E-state index in [0.717, 1.165) is 5.56 Å². The fraction of sp³-hybridized carbons (Fsp3) is 0.367. The first-order chi connectivity index (χ1) is 20.2. The molecule has 2 aliphatic rings. The van der Waals surface area contributed by atoms with Crippen LogP contribution in [0.4, 0.5) is 10.2 Å². The van der Waals surface area contributed by atoms with Gasteiger partial charge in [-0.3, -0.25) is 9.78 Å². The minimum Gasteiger partial charge on any atom is -0.352 e. The molecule has 42 heavy (non-hydrogen) atoms. The summed E-state index contributed by atoms with van der Waals surface area (Å²) in [5.41, 5.74) is 2.53. The van der Waals surface area contributed by atoms with E-state index in [-0.39, 0.29) is 35.4 Å². The van der Waals surface area contributed by atoms with E-state index < -0.39 is 11.5 Å². The van der Waals surface area contributed by atoms with Crippen molar-refractivity contribution in [1.29, 1.82) is 0 Å². The molecule has 2 bridgehead atoms. The van der Waals surface area contributed by atoms with Crippen molar-refractivity contribution in [3.63, 3.8) is 0 Å². The molecule has 0 N–H and O–H groups in total. The van der Waals surface area contributed by atoms with Crippen LogP contribution >= 0.6 is 0 Å². The van der Waals surface area contributed by atoms with Crippen molar-refractivity contribution in [1.82, 2.24) is 39.4 Å². The largest absolute Gasteiger partial charge is 0.355 e. The Morgan fingerprint density at radius 2 is 1.86 bits per heavy atom. The van der Waals surface area contributed by atoms with Crippen LogP contribution in [0.25, 0.3) is 22.5 Å². The van der Waals surface area contributed by atoms with Crippen LogP contribution in [0.15, 0.2) is 54.1 Å². The minimum absolute atomic E-state index is 0.0162. The summed E-state index contributed by atoms with van der Waals surface area (Å²) in [7, 11) is 0. The molecule has 11 nitrogen and oxygen atoms in total. The summed E-state index contributed by atoms with van der Waals surface area (Å²) >= 11 is 0. The first-order valence-corrected chi connectivity index (χ1v) is 14.1. The highest BCUT2D eigenvalue weighted by Gasteiger charge is 2.34. The molecule has 0 saturated carbocycles. The number of halogens is 1. The Balaban J connectivity index is 1.66. The molecular formula is C30H32FN9O2. The van der Waals surface area contributed by atoms with E-state index in [2.05, 4.69) is 26.9 Å². The summed E-state index contributed by atoms with van der Waals surface area (Å²) in [5.74, 6) is -0.548. The fourth-order valence-corrected chi connectivity index (χ4v) is 6.07. The second-order valence-electron chi connectivity index (χ2n) is 11.1. The van der Waals surface area contributed by atoms with E-state index in [1.54, 1.807) is 17.3 Å². The molecule has 1 fully saturated rings. The summed E-state index contributed by atoms with van der Waals surface area (Å²) in [5, 5.41) is 8.49. The van der Waals surface area contributed by atoms with Gasteiger partial charge in [-0.05, 0) is 50.0 Å². The van der Waals surface area contributed by atoms with Crippen LogP contribution in [0.2, 0.25) is 0 Å². The Morgan fingerprint density at radius 3 is 2.57 bits per heavy atom. The topological polar surface area (TPSA) is 115 Å². The molecule has 6 rings (SSSR count). The normalized spacial score (nSPS) is 19.3. The van der Waals surface area contributed by atoms with Gasteiger partial charge in [0.15, 0.2) is 17.3 Å². The van der Waals surface area contributed by atoms with Crippen molar-refractivity contribution >= 4 is 22.8 Å². The van der Waals surface area contributed by atoms with Crippen molar-refractivity contribution in [2.24, 2.45) is 0 Å². The Labute approximate surface area is 242 Å². The second-order valence-corrected chi connectivity index (χ2v) is 11.1. The third-order valence-corrected chi connectivity index (χ3v) is 7.89. The number of hydrogen-bond donors (Lipinski definition) is 0. The number of carbonyl (C=O) groups is 1. The first-order valence-electron chi connectivity index (χ1n) is 14.1. The van der Waals surface area contributed by atoms with Crippen molar-refractivity contribution in [3.05, 3.63) is 82.6 Å². The van der Waals surface area contributed by atoms with Crippen LogP contribution in [0.1, 0.15) is 50.6 Å². The number of carbonyl (C=O) groups excluding carboxylic acids is 1. The van der Waals surface area contributed by atoms with Gasteiger partial charge < -0.3 is 9.80 Å². The Kier molecular flexibility index (Phi) is 6.91. The number of anilines is 1. The maximum Gasteiger partial charge on any atom is 0.355 e. The Morgan fingerprint density at radius 1 is 1.12 bits per heavy atom. The minimum atomic E-state index is -0.624. The fourth-order valence-electron chi connectivity index (χ4n) is 6.07. The van der Waals surface area contributed by atoms with Gasteiger partial charge in [0.2, 0.25) is 5.91 Å². The highest BCUT2D eigenvalue weighted by Crippen LogP contribution is 2.33. The highest BCUT2D eigenvalue weighted by molar-refractivity contribution is 5.90. The van der Waals surface area contributed by atoms with Gasteiger partial charge >= 0.3 is 5.69 Å². The molecule has 1 amide bonds. The predicted molar refractivity (Wildman–Crippen MR) is 157 cm³/mol. The van der Waals surface area contributed by atoms with E-state index in [4.69, 9.17) is 4.98 Å². The number of nitrogens with zero attached hydrogens (tertiary/aromatic N) is 9. The summed E-state index contributed by atoms with van der Waals surface area (Å²) in [6, 6.07) is 2.86. The molecular weight excluding hydrogens is 537 g/mol. The van der Waals surface area contributed by atoms with Gasteiger partial charge in [0.25, 0.3) is 0 Å². The number of allylic oxidation sites excluding steroid dienone is 2. The van der Waals surface area contributed by atoms with E-state index in [0.29, 0.717) is 54.2 Å².